The third kappa shape index (κ3) is 5.08. The molecule has 1 aliphatic heterocycles. The summed E-state index contributed by atoms with van der Waals surface area (Å²) in [7, 11) is 0. The summed E-state index contributed by atoms with van der Waals surface area (Å²) in [5.74, 6) is 1.16. The quantitative estimate of drug-likeness (QED) is 0.886. The molecule has 1 aromatic carbocycles. The molecule has 0 aliphatic carbocycles. The van der Waals surface area contributed by atoms with Gasteiger partial charge >= 0.3 is 0 Å². The lowest BCUT2D eigenvalue weighted by Gasteiger charge is -2.31. The molecule has 2 amide bonds. The zero-order valence-corrected chi connectivity index (χ0v) is 15.3. The molecule has 0 saturated carbocycles. The molecule has 0 atom stereocenters. The van der Waals surface area contributed by atoms with Gasteiger partial charge in [0.2, 0.25) is 11.8 Å². The van der Waals surface area contributed by atoms with Gasteiger partial charge in [0.25, 0.3) is 0 Å². The summed E-state index contributed by atoms with van der Waals surface area (Å²) in [5.41, 5.74) is 2.12. The summed E-state index contributed by atoms with van der Waals surface area (Å²) in [5, 5.41) is 3.01. The van der Waals surface area contributed by atoms with Crippen LogP contribution in [0.4, 0.5) is 5.69 Å². The van der Waals surface area contributed by atoms with Crippen LogP contribution in [0.15, 0.2) is 24.3 Å². The van der Waals surface area contributed by atoms with Crippen molar-refractivity contribution >= 4 is 17.5 Å². The van der Waals surface area contributed by atoms with Crippen LogP contribution in [0.25, 0.3) is 0 Å². The molecule has 1 aliphatic rings. The predicted molar refractivity (Wildman–Crippen MR) is 97.9 cm³/mol. The molecule has 0 radical (unpaired) electrons. The third-order valence-electron chi connectivity index (χ3n) is 4.65. The highest BCUT2D eigenvalue weighted by Gasteiger charge is 2.27. The topological polar surface area (TPSA) is 49.4 Å². The molecule has 1 N–H and O–H groups in total. The number of rotatable bonds is 5. The first-order chi connectivity index (χ1) is 11.4. The van der Waals surface area contributed by atoms with Crippen LogP contribution in [0, 0.1) is 11.8 Å². The Morgan fingerprint density at radius 3 is 2.17 bits per heavy atom. The average Bonchev–Trinajstić information content (AvgIpc) is 2.54. The van der Waals surface area contributed by atoms with Gasteiger partial charge in [-0.1, -0.05) is 39.8 Å². The number of benzene rings is 1. The van der Waals surface area contributed by atoms with Gasteiger partial charge in [-0.05, 0) is 42.4 Å². The van der Waals surface area contributed by atoms with Crippen molar-refractivity contribution in [3.63, 3.8) is 0 Å². The lowest BCUT2D eigenvalue weighted by Crippen LogP contribution is -2.41. The van der Waals surface area contributed by atoms with Crippen LogP contribution in [0.3, 0.4) is 0 Å². The van der Waals surface area contributed by atoms with Crippen LogP contribution < -0.4 is 5.32 Å². The molecule has 0 unspecified atom stereocenters. The maximum atomic E-state index is 12.4. The van der Waals surface area contributed by atoms with Crippen molar-refractivity contribution in [2.75, 3.05) is 18.4 Å². The first kappa shape index (κ1) is 18.5. The van der Waals surface area contributed by atoms with Gasteiger partial charge in [0.15, 0.2) is 0 Å². The molecule has 4 nitrogen and oxygen atoms in total. The fraction of sp³-hybridized carbons (Fsp3) is 0.600. The van der Waals surface area contributed by atoms with Gasteiger partial charge < -0.3 is 10.2 Å². The fourth-order valence-electron chi connectivity index (χ4n) is 3.07. The number of piperidine rings is 1. The summed E-state index contributed by atoms with van der Waals surface area (Å²) < 4.78 is 0. The van der Waals surface area contributed by atoms with Crippen molar-refractivity contribution in [2.24, 2.45) is 11.8 Å². The van der Waals surface area contributed by atoms with Crippen LogP contribution >= 0.6 is 0 Å². The van der Waals surface area contributed by atoms with Crippen molar-refractivity contribution in [2.45, 2.75) is 52.9 Å². The van der Waals surface area contributed by atoms with Gasteiger partial charge in [0.1, 0.15) is 0 Å². The highest BCUT2D eigenvalue weighted by atomic mass is 16.2. The maximum absolute atomic E-state index is 12.4. The van der Waals surface area contributed by atoms with Crippen molar-refractivity contribution in [1.29, 1.82) is 0 Å². The minimum Gasteiger partial charge on any atom is -0.343 e. The van der Waals surface area contributed by atoms with Crippen molar-refractivity contribution < 1.29 is 9.59 Å². The van der Waals surface area contributed by atoms with E-state index in [1.807, 2.05) is 17.0 Å². The molecule has 1 saturated heterocycles. The molecular weight excluding hydrogens is 300 g/mol. The van der Waals surface area contributed by atoms with Gasteiger partial charge in [0.05, 0.1) is 0 Å². The van der Waals surface area contributed by atoms with Crippen molar-refractivity contribution in [3.8, 4) is 0 Å². The Morgan fingerprint density at radius 2 is 1.67 bits per heavy atom. The highest BCUT2D eigenvalue weighted by molar-refractivity contribution is 5.92. The van der Waals surface area contributed by atoms with Crippen LogP contribution in [-0.2, 0) is 9.59 Å². The number of amides is 2. The molecule has 132 valence electrons. The third-order valence-corrected chi connectivity index (χ3v) is 4.65. The van der Waals surface area contributed by atoms with Gasteiger partial charge in [-0.3, -0.25) is 9.59 Å². The second-order valence-corrected chi connectivity index (χ2v) is 7.52. The average molecular weight is 330 g/mol. The van der Waals surface area contributed by atoms with Crippen LogP contribution in [0.5, 0.6) is 0 Å². The Morgan fingerprint density at radius 1 is 1.08 bits per heavy atom. The number of anilines is 1. The Balaban J connectivity index is 1.83. The fourth-order valence-corrected chi connectivity index (χ4v) is 3.07. The molecule has 1 aromatic rings. The number of hydrogen-bond acceptors (Lipinski definition) is 2. The normalized spacial score (nSPS) is 15.8. The van der Waals surface area contributed by atoms with E-state index in [4.69, 9.17) is 0 Å². The molecule has 1 heterocycles. The SMILES string of the molecule is CC(C)CC(=O)N1CCC(C(=O)Nc2ccc(C(C)C)cc2)CC1. The van der Waals surface area contributed by atoms with Gasteiger partial charge in [-0.2, -0.15) is 0 Å². The molecule has 24 heavy (non-hydrogen) atoms. The Labute approximate surface area is 145 Å². The summed E-state index contributed by atoms with van der Waals surface area (Å²) in [4.78, 5) is 26.4. The maximum Gasteiger partial charge on any atom is 0.227 e. The van der Waals surface area contributed by atoms with Crippen molar-refractivity contribution in [1.82, 2.24) is 4.90 Å². The zero-order chi connectivity index (χ0) is 17.7. The van der Waals surface area contributed by atoms with E-state index < -0.39 is 0 Å². The van der Waals surface area contributed by atoms with E-state index in [-0.39, 0.29) is 17.7 Å². The minimum atomic E-state index is -0.00197. The first-order valence-electron chi connectivity index (χ1n) is 9.05. The molecule has 1 fully saturated rings. The van der Waals surface area contributed by atoms with Crippen LogP contribution in [0.1, 0.15) is 58.4 Å². The van der Waals surface area contributed by atoms with Crippen LogP contribution in [0.2, 0.25) is 0 Å². The molecule has 0 aromatic heterocycles. The lowest BCUT2D eigenvalue weighted by molar-refractivity contribution is -0.135. The van der Waals surface area contributed by atoms with E-state index in [9.17, 15) is 9.59 Å². The predicted octanol–water partition coefficient (Wildman–Crippen LogP) is 4.03. The summed E-state index contributed by atoms with van der Waals surface area (Å²) >= 11 is 0. The zero-order valence-electron chi connectivity index (χ0n) is 15.3. The Bertz CT molecular complexity index is 556. The number of nitrogens with zero attached hydrogens (tertiary/aromatic N) is 1. The summed E-state index contributed by atoms with van der Waals surface area (Å²) in [6.45, 7) is 9.81. The second-order valence-electron chi connectivity index (χ2n) is 7.52. The number of carbonyl (C=O) groups excluding carboxylic acids is 2. The van der Waals surface area contributed by atoms with E-state index >= 15 is 0 Å². The minimum absolute atomic E-state index is 0.00197. The molecule has 4 heteroatoms. The number of carbonyl (C=O) groups is 2. The van der Waals surface area contributed by atoms with E-state index in [1.54, 1.807) is 0 Å². The monoisotopic (exact) mass is 330 g/mol. The number of nitrogens with one attached hydrogen (secondary N) is 1. The molecular formula is C20H30N2O2. The van der Waals surface area contributed by atoms with Crippen LogP contribution in [-0.4, -0.2) is 29.8 Å². The largest absolute Gasteiger partial charge is 0.343 e. The Kier molecular flexibility index (Phi) is 6.41. The van der Waals surface area contributed by atoms with E-state index in [1.165, 1.54) is 5.56 Å². The van der Waals surface area contributed by atoms with Gasteiger partial charge in [0, 0.05) is 31.1 Å². The molecule has 0 spiro atoms. The number of likely N-dealkylation sites (tertiary alicyclic amines) is 1. The lowest BCUT2D eigenvalue weighted by atomic mass is 9.95. The summed E-state index contributed by atoms with van der Waals surface area (Å²) in [6, 6.07) is 8.06. The van der Waals surface area contributed by atoms with E-state index in [2.05, 4.69) is 45.1 Å². The first-order valence-corrected chi connectivity index (χ1v) is 9.05. The van der Waals surface area contributed by atoms with Crippen molar-refractivity contribution in [3.05, 3.63) is 29.8 Å². The van der Waals surface area contributed by atoms with E-state index in [0.717, 1.165) is 18.5 Å². The van der Waals surface area contributed by atoms with Gasteiger partial charge in [-0.25, -0.2) is 0 Å². The molecule has 2 rings (SSSR count). The highest BCUT2D eigenvalue weighted by Crippen LogP contribution is 2.22. The van der Waals surface area contributed by atoms with E-state index in [0.29, 0.717) is 31.3 Å². The Hall–Kier alpha value is -1.84. The second kappa shape index (κ2) is 8.32. The van der Waals surface area contributed by atoms with Gasteiger partial charge in [-0.15, -0.1) is 0 Å². The number of hydrogen-bond donors (Lipinski definition) is 1. The standard InChI is InChI=1S/C20H30N2O2/c1-14(2)13-19(23)22-11-9-17(10-12-22)20(24)21-18-7-5-16(6-8-18)15(3)4/h5-8,14-15,17H,9-13H2,1-4H3,(H,21,24). The smallest absolute Gasteiger partial charge is 0.227 e. The summed E-state index contributed by atoms with van der Waals surface area (Å²) in [6.07, 6.45) is 2.10. The molecule has 0 bridgehead atoms.